The summed E-state index contributed by atoms with van der Waals surface area (Å²) in [6.45, 7) is 13.4. The Kier molecular flexibility index (Phi) is 9.38. The van der Waals surface area contributed by atoms with Crippen molar-refractivity contribution in [2.75, 3.05) is 0 Å². The molecule has 0 saturated carbocycles. The van der Waals surface area contributed by atoms with Gasteiger partial charge in [0.05, 0.1) is 22.8 Å². The van der Waals surface area contributed by atoms with E-state index in [-0.39, 0.29) is 10.8 Å². The first kappa shape index (κ1) is 38.1. The van der Waals surface area contributed by atoms with Crippen molar-refractivity contribution >= 4 is 46.4 Å². The molecule has 0 fully saturated rings. The molecule has 0 saturated heterocycles. The minimum absolute atomic E-state index is 0.0140. The highest BCUT2D eigenvalue weighted by molar-refractivity contribution is 6.00. The molecule has 2 aliphatic heterocycles. The molecule has 4 nitrogen and oxygen atoms in total. The van der Waals surface area contributed by atoms with Gasteiger partial charge in [-0.05, 0) is 117 Å². The minimum atomic E-state index is 0.0140. The van der Waals surface area contributed by atoms with Crippen LogP contribution in [0.5, 0.6) is 0 Å². The van der Waals surface area contributed by atoms with E-state index >= 15 is 0 Å². The summed E-state index contributed by atoms with van der Waals surface area (Å²) in [6, 6.07) is 42.6. The third-order valence-electron chi connectivity index (χ3n) is 11.5. The van der Waals surface area contributed by atoms with E-state index < -0.39 is 0 Å². The molecule has 8 bridgehead atoms. The lowest BCUT2D eigenvalue weighted by molar-refractivity contribution is 0.590. The van der Waals surface area contributed by atoms with Crippen LogP contribution in [0.2, 0.25) is 0 Å². The number of nitrogens with one attached hydrogen (secondary N) is 2. The van der Waals surface area contributed by atoms with Gasteiger partial charge in [0.25, 0.3) is 0 Å². The van der Waals surface area contributed by atoms with Gasteiger partial charge in [-0.1, -0.05) is 126 Å². The third kappa shape index (κ3) is 7.08. The SMILES string of the molecule is C#Cc1ccc(-c2c3nc(c(-c4ccc(C(C)(C)C)cc4)c4ccc([nH]4)c(-c4ccc(C#C)cc4)c4nc(c(-c5ccc(C(C)(C)C)cc5)c5ccc2[nH]5)C=C4)C=C3)cc1. The standard InChI is InChI=1S/C56H46N4/c1-9-35-11-15-37(16-12-35)51-43-27-31-47(57-43)53(39-19-23-41(24-20-39)55(3,4)5)49-33-29-45(59-49)52(38-17-13-36(10-2)14-18-38)46-30-34-50(60-46)54(48-32-28-44(51)58-48)40-21-25-42(26-22-40)56(6,7)8/h1-2,11-34,57,60H,3-8H3. The van der Waals surface area contributed by atoms with Crippen LogP contribution in [0.15, 0.2) is 121 Å². The topological polar surface area (TPSA) is 57.4 Å². The predicted octanol–water partition coefficient (Wildman–Crippen LogP) is 13.9. The Morgan fingerprint density at radius 1 is 0.367 bits per heavy atom. The van der Waals surface area contributed by atoms with E-state index in [1.165, 1.54) is 11.1 Å². The number of hydrogen-bond acceptors (Lipinski definition) is 2. The molecule has 0 radical (unpaired) electrons. The lowest BCUT2D eigenvalue weighted by atomic mass is 9.86. The van der Waals surface area contributed by atoms with Crippen LogP contribution in [-0.4, -0.2) is 19.9 Å². The number of terminal acetylenes is 2. The molecule has 2 aliphatic rings. The number of rotatable bonds is 4. The summed E-state index contributed by atoms with van der Waals surface area (Å²) in [7, 11) is 0. The number of hydrogen-bond donors (Lipinski definition) is 2. The van der Waals surface area contributed by atoms with E-state index in [1.807, 2.05) is 24.3 Å². The summed E-state index contributed by atoms with van der Waals surface area (Å²) >= 11 is 0. The number of aromatic nitrogens is 4. The monoisotopic (exact) mass is 774 g/mol. The molecule has 60 heavy (non-hydrogen) atoms. The van der Waals surface area contributed by atoms with Gasteiger partial charge in [-0.3, -0.25) is 0 Å². The molecule has 3 aromatic heterocycles. The van der Waals surface area contributed by atoms with Gasteiger partial charge in [0.2, 0.25) is 0 Å². The van der Waals surface area contributed by atoms with Crippen LogP contribution in [0.1, 0.15) is 86.6 Å². The zero-order chi connectivity index (χ0) is 41.8. The first-order chi connectivity index (χ1) is 28.9. The Morgan fingerprint density at radius 3 is 0.850 bits per heavy atom. The van der Waals surface area contributed by atoms with E-state index in [0.717, 1.165) is 100 Å². The molecule has 4 heteroatoms. The Bertz CT molecular complexity index is 2900. The molecule has 0 spiro atoms. The molecular weight excluding hydrogens is 729 g/mol. The van der Waals surface area contributed by atoms with Gasteiger partial charge in [-0.25, -0.2) is 9.97 Å². The Labute approximate surface area is 352 Å². The highest BCUT2D eigenvalue weighted by atomic mass is 14.8. The summed E-state index contributed by atoms with van der Waals surface area (Å²) in [5.74, 6) is 5.55. The highest BCUT2D eigenvalue weighted by Gasteiger charge is 2.21. The van der Waals surface area contributed by atoms with E-state index in [4.69, 9.17) is 22.8 Å². The van der Waals surface area contributed by atoms with Crippen LogP contribution in [0.25, 0.3) is 90.9 Å². The van der Waals surface area contributed by atoms with Gasteiger partial charge >= 0.3 is 0 Å². The maximum absolute atomic E-state index is 5.81. The second-order valence-electron chi connectivity index (χ2n) is 17.6. The molecule has 7 aromatic rings. The molecule has 9 rings (SSSR count). The van der Waals surface area contributed by atoms with Crippen LogP contribution in [0.4, 0.5) is 0 Å². The maximum atomic E-state index is 5.81. The second-order valence-corrected chi connectivity index (χ2v) is 17.6. The average molecular weight is 775 g/mol. The van der Waals surface area contributed by atoms with Crippen molar-refractivity contribution in [1.82, 2.24) is 19.9 Å². The molecule has 5 heterocycles. The zero-order valence-electron chi connectivity index (χ0n) is 34.9. The molecule has 4 aromatic carbocycles. The van der Waals surface area contributed by atoms with Crippen molar-refractivity contribution in [3.05, 3.63) is 166 Å². The normalized spacial score (nSPS) is 12.3. The predicted molar refractivity (Wildman–Crippen MR) is 254 cm³/mol. The van der Waals surface area contributed by atoms with Crippen molar-refractivity contribution < 1.29 is 0 Å². The zero-order valence-corrected chi connectivity index (χ0v) is 34.9. The van der Waals surface area contributed by atoms with Crippen LogP contribution in [0.3, 0.4) is 0 Å². The Balaban J connectivity index is 1.43. The smallest absolute Gasteiger partial charge is 0.0737 e. The molecule has 0 aliphatic carbocycles. The molecule has 290 valence electrons. The third-order valence-corrected chi connectivity index (χ3v) is 11.5. The fourth-order valence-corrected chi connectivity index (χ4v) is 8.16. The average Bonchev–Trinajstić information content (AvgIpc) is 4.09. The first-order valence-electron chi connectivity index (χ1n) is 20.4. The van der Waals surface area contributed by atoms with Crippen molar-refractivity contribution in [3.63, 3.8) is 0 Å². The van der Waals surface area contributed by atoms with Crippen molar-refractivity contribution in [2.45, 2.75) is 52.4 Å². The van der Waals surface area contributed by atoms with E-state index in [0.29, 0.717) is 0 Å². The van der Waals surface area contributed by atoms with E-state index in [1.54, 1.807) is 0 Å². The lowest BCUT2D eigenvalue weighted by Crippen LogP contribution is -2.10. The van der Waals surface area contributed by atoms with Crippen LogP contribution < -0.4 is 0 Å². The number of nitrogens with zero attached hydrogens (tertiary/aromatic N) is 2. The summed E-state index contributed by atoms with van der Waals surface area (Å²) < 4.78 is 0. The van der Waals surface area contributed by atoms with Crippen LogP contribution >= 0.6 is 0 Å². The molecule has 2 N–H and O–H groups in total. The summed E-state index contributed by atoms with van der Waals surface area (Å²) in [4.78, 5) is 18.6. The number of aromatic amines is 2. The van der Waals surface area contributed by atoms with E-state index in [9.17, 15) is 0 Å². The van der Waals surface area contributed by atoms with E-state index in [2.05, 4.69) is 185 Å². The number of fused-ring (bicyclic) bond motifs is 8. The van der Waals surface area contributed by atoms with Gasteiger partial charge < -0.3 is 9.97 Å². The van der Waals surface area contributed by atoms with Crippen LogP contribution in [-0.2, 0) is 10.8 Å². The first-order valence-corrected chi connectivity index (χ1v) is 20.4. The minimum Gasteiger partial charge on any atom is -0.354 e. The Hall–Kier alpha value is -7.40. The largest absolute Gasteiger partial charge is 0.354 e. The van der Waals surface area contributed by atoms with Gasteiger partial charge in [0.15, 0.2) is 0 Å². The fraction of sp³-hybridized carbons (Fsp3) is 0.143. The molecule has 0 amide bonds. The Morgan fingerprint density at radius 2 is 0.617 bits per heavy atom. The highest BCUT2D eigenvalue weighted by Crippen LogP contribution is 2.39. The van der Waals surface area contributed by atoms with Crippen LogP contribution in [0, 0.1) is 24.7 Å². The summed E-state index contributed by atoms with van der Waals surface area (Å²) in [6.07, 6.45) is 20.1. The summed E-state index contributed by atoms with van der Waals surface area (Å²) in [5.41, 5.74) is 19.5. The lowest BCUT2D eigenvalue weighted by Gasteiger charge is -2.19. The van der Waals surface area contributed by atoms with Gasteiger partial charge in [0, 0.05) is 55.4 Å². The second kappa shape index (κ2) is 14.8. The van der Waals surface area contributed by atoms with Gasteiger partial charge in [-0.2, -0.15) is 0 Å². The van der Waals surface area contributed by atoms with Crippen molar-refractivity contribution in [3.8, 4) is 69.2 Å². The van der Waals surface area contributed by atoms with Gasteiger partial charge in [-0.15, -0.1) is 12.8 Å². The molecule has 0 atom stereocenters. The van der Waals surface area contributed by atoms with Gasteiger partial charge in [0.1, 0.15) is 0 Å². The van der Waals surface area contributed by atoms with Crippen molar-refractivity contribution in [2.24, 2.45) is 0 Å². The fourth-order valence-electron chi connectivity index (χ4n) is 8.16. The summed E-state index contributed by atoms with van der Waals surface area (Å²) in [5, 5.41) is 0. The number of benzene rings is 4. The quantitative estimate of drug-likeness (QED) is 0.175. The number of H-pyrrole nitrogens is 2. The van der Waals surface area contributed by atoms with Crippen molar-refractivity contribution in [1.29, 1.82) is 0 Å². The maximum Gasteiger partial charge on any atom is 0.0737 e. The molecule has 0 unspecified atom stereocenters. The molecular formula is C56H46N4.